The van der Waals surface area contributed by atoms with E-state index in [1.807, 2.05) is 18.2 Å². The van der Waals surface area contributed by atoms with Crippen molar-refractivity contribution < 1.29 is 0 Å². The molecule has 2 N–H and O–H groups in total. The Morgan fingerprint density at radius 2 is 1.38 bits per heavy atom. The zero-order chi connectivity index (χ0) is 9.68. The number of anilines is 1. The van der Waals surface area contributed by atoms with E-state index < -0.39 is 0 Å². The molecule has 0 unspecified atom stereocenters. The molecule has 1 rings (SSSR count). The fraction of sp³-hybridized carbons (Fsp3) is 0.167. The summed E-state index contributed by atoms with van der Waals surface area (Å²) in [5, 5.41) is 0. The van der Waals surface area contributed by atoms with Crippen LogP contribution in [-0.2, 0) is 0 Å². The molecule has 0 saturated heterocycles. The van der Waals surface area contributed by atoms with Gasteiger partial charge in [-0.25, -0.2) is 0 Å². The molecule has 64 valence electrons. The fourth-order valence-electron chi connectivity index (χ4n) is 1.08. The van der Waals surface area contributed by atoms with Gasteiger partial charge in [0.25, 0.3) is 0 Å². The zero-order valence-corrected chi connectivity index (χ0v) is 7.81. The quantitative estimate of drug-likeness (QED) is 0.466. The third kappa shape index (κ3) is 2.58. The first-order valence-electron chi connectivity index (χ1n) is 4.02. The summed E-state index contributed by atoms with van der Waals surface area (Å²) in [6, 6.07) is 5.62. The van der Waals surface area contributed by atoms with Crippen molar-refractivity contribution in [2.75, 3.05) is 5.73 Å². The number of nitrogen functional groups attached to an aromatic ring is 1. The maximum atomic E-state index is 5.68. The van der Waals surface area contributed by atoms with Crippen molar-refractivity contribution in [1.29, 1.82) is 0 Å². The first-order chi connectivity index (χ1) is 6.26. The molecule has 1 aromatic rings. The predicted molar refractivity (Wildman–Crippen MR) is 56.0 cm³/mol. The van der Waals surface area contributed by atoms with E-state index in [0.717, 1.165) is 11.1 Å². The smallest absolute Gasteiger partial charge is 0.0339 e. The molecular weight excluding hydrogens is 158 g/mol. The Balaban J connectivity index is 3.21. The monoisotopic (exact) mass is 169 g/mol. The standard InChI is InChI=1S/C12H11N/c1-3-5-10-7-11(6-4-2)9-12(13)8-10/h7-9H,13H2,1-2H3. The van der Waals surface area contributed by atoms with Crippen LogP contribution in [0.15, 0.2) is 18.2 Å². The second-order valence-corrected chi connectivity index (χ2v) is 2.59. The molecule has 0 aliphatic heterocycles. The minimum atomic E-state index is 0.706. The molecular formula is C12H11N. The summed E-state index contributed by atoms with van der Waals surface area (Å²) >= 11 is 0. The van der Waals surface area contributed by atoms with Gasteiger partial charge in [0.15, 0.2) is 0 Å². The maximum Gasteiger partial charge on any atom is 0.0339 e. The van der Waals surface area contributed by atoms with Crippen LogP contribution in [0.2, 0.25) is 0 Å². The molecule has 0 aliphatic carbocycles. The number of hydrogen-bond acceptors (Lipinski definition) is 1. The first kappa shape index (κ1) is 9.23. The van der Waals surface area contributed by atoms with E-state index in [2.05, 4.69) is 23.7 Å². The third-order valence-electron chi connectivity index (χ3n) is 1.49. The van der Waals surface area contributed by atoms with Gasteiger partial charge in [-0.2, -0.15) is 0 Å². The van der Waals surface area contributed by atoms with E-state index >= 15 is 0 Å². The van der Waals surface area contributed by atoms with Gasteiger partial charge in [0, 0.05) is 16.8 Å². The molecule has 0 saturated carbocycles. The molecule has 0 radical (unpaired) electrons. The van der Waals surface area contributed by atoms with E-state index in [1.54, 1.807) is 13.8 Å². The Hall–Kier alpha value is -1.86. The second kappa shape index (κ2) is 4.24. The molecule has 13 heavy (non-hydrogen) atoms. The third-order valence-corrected chi connectivity index (χ3v) is 1.49. The van der Waals surface area contributed by atoms with E-state index in [0.29, 0.717) is 5.69 Å². The van der Waals surface area contributed by atoms with E-state index in [1.165, 1.54) is 0 Å². The van der Waals surface area contributed by atoms with Gasteiger partial charge in [-0.3, -0.25) is 0 Å². The summed E-state index contributed by atoms with van der Waals surface area (Å²) in [7, 11) is 0. The SMILES string of the molecule is CC#Cc1cc(N)cc(C#CC)c1. The molecule has 0 fully saturated rings. The summed E-state index contributed by atoms with van der Waals surface area (Å²) in [6.07, 6.45) is 0. The molecule has 0 heterocycles. The zero-order valence-electron chi connectivity index (χ0n) is 7.81. The van der Waals surface area contributed by atoms with Gasteiger partial charge in [0.05, 0.1) is 0 Å². The molecule has 1 aromatic carbocycles. The van der Waals surface area contributed by atoms with Gasteiger partial charge in [0.1, 0.15) is 0 Å². The molecule has 1 nitrogen and oxygen atoms in total. The minimum Gasteiger partial charge on any atom is -0.399 e. The van der Waals surface area contributed by atoms with Crippen LogP contribution in [0.5, 0.6) is 0 Å². The van der Waals surface area contributed by atoms with E-state index in [9.17, 15) is 0 Å². The lowest BCUT2D eigenvalue weighted by atomic mass is 10.1. The number of hydrogen-bond donors (Lipinski definition) is 1. The predicted octanol–water partition coefficient (Wildman–Crippen LogP) is 2.01. The molecule has 0 amide bonds. The van der Waals surface area contributed by atoms with Crippen molar-refractivity contribution >= 4 is 5.69 Å². The van der Waals surface area contributed by atoms with Crippen LogP contribution >= 0.6 is 0 Å². The highest BCUT2D eigenvalue weighted by atomic mass is 14.5. The lowest BCUT2D eigenvalue weighted by Crippen LogP contribution is -1.88. The summed E-state index contributed by atoms with van der Waals surface area (Å²) in [5.74, 6) is 11.6. The molecule has 0 bridgehead atoms. The normalized spacial score (nSPS) is 7.85. The van der Waals surface area contributed by atoms with E-state index in [-0.39, 0.29) is 0 Å². The van der Waals surface area contributed by atoms with Crippen molar-refractivity contribution in [3.63, 3.8) is 0 Å². The van der Waals surface area contributed by atoms with Crippen LogP contribution < -0.4 is 5.73 Å². The van der Waals surface area contributed by atoms with Gasteiger partial charge in [-0.05, 0) is 32.0 Å². The van der Waals surface area contributed by atoms with Crippen LogP contribution in [0.3, 0.4) is 0 Å². The summed E-state index contributed by atoms with van der Waals surface area (Å²) in [4.78, 5) is 0. The van der Waals surface area contributed by atoms with Crippen LogP contribution in [0, 0.1) is 23.7 Å². The van der Waals surface area contributed by atoms with Crippen LogP contribution in [0.25, 0.3) is 0 Å². The van der Waals surface area contributed by atoms with Crippen LogP contribution in [0.4, 0.5) is 5.69 Å². The van der Waals surface area contributed by atoms with Crippen LogP contribution in [-0.4, -0.2) is 0 Å². The maximum absolute atomic E-state index is 5.68. The molecule has 0 aliphatic rings. The summed E-state index contributed by atoms with van der Waals surface area (Å²) in [5.41, 5.74) is 8.22. The van der Waals surface area contributed by atoms with E-state index in [4.69, 9.17) is 5.73 Å². The van der Waals surface area contributed by atoms with Crippen molar-refractivity contribution in [2.45, 2.75) is 13.8 Å². The highest BCUT2D eigenvalue weighted by Crippen LogP contribution is 2.10. The van der Waals surface area contributed by atoms with Crippen molar-refractivity contribution in [3.05, 3.63) is 29.3 Å². The van der Waals surface area contributed by atoms with Gasteiger partial charge in [-0.15, -0.1) is 11.8 Å². The Morgan fingerprint density at radius 1 is 0.923 bits per heavy atom. The Bertz CT molecular complexity index is 384. The van der Waals surface area contributed by atoms with Gasteiger partial charge < -0.3 is 5.73 Å². The number of rotatable bonds is 0. The molecule has 1 heteroatoms. The van der Waals surface area contributed by atoms with Gasteiger partial charge in [-0.1, -0.05) is 11.8 Å². The van der Waals surface area contributed by atoms with Gasteiger partial charge in [0.2, 0.25) is 0 Å². The van der Waals surface area contributed by atoms with Gasteiger partial charge >= 0.3 is 0 Å². The summed E-state index contributed by atoms with van der Waals surface area (Å²) < 4.78 is 0. The number of benzene rings is 1. The Morgan fingerprint density at radius 3 is 1.77 bits per heavy atom. The van der Waals surface area contributed by atoms with Crippen molar-refractivity contribution in [2.24, 2.45) is 0 Å². The fourth-order valence-corrected chi connectivity index (χ4v) is 1.08. The topological polar surface area (TPSA) is 26.0 Å². The largest absolute Gasteiger partial charge is 0.399 e. The number of nitrogens with two attached hydrogens (primary N) is 1. The average molecular weight is 169 g/mol. The minimum absolute atomic E-state index is 0.706. The Labute approximate surface area is 79.0 Å². The van der Waals surface area contributed by atoms with Crippen molar-refractivity contribution in [1.82, 2.24) is 0 Å². The van der Waals surface area contributed by atoms with Crippen molar-refractivity contribution in [3.8, 4) is 23.7 Å². The highest BCUT2D eigenvalue weighted by Gasteiger charge is 1.93. The Kier molecular flexibility index (Phi) is 3.01. The molecule has 0 spiro atoms. The summed E-state index contributed by atoms with van der Waals surface area (Å²) in [6.45, 7) is 3.60. The lowest BCUT2D eigenvalue weighted by molar-refractivity contribution is 1.58. The molecule has 0 atom stereocenters. The molecule has 0 aromatic heterocycles. The second-order valence-electron chi connectivity index (χ2n) is 2.59. The lowest BCUT2D eigenvalue weighted by Gasteiger charge is -1.96. The average Bonchev–Trinajstić information content (AvgIpc) is 2.04. The first-order valence-corrected chi connectivity index (χ1v) is 4.02. The highest BCUT2D eigenvalue weighted by molar-refractivity contribution is 5.54. The van der Waals surface area contributed by atoms with Crippen LogP contribution in [0.1, 0.15) is 25.0 Å².